The van der Waals surface area contributed by atoms with E-state index in [1.165, 1.54) is 5.56 Å². The van der Waals surface area contributed by atoms with Crippen LogP contribution < -0.4 is 4.72 Å². The highest BCUT2D eigenvalue weighted by atomic mass is 32.2. The van der Waals surface area contributed by atoms with Gasteiger partial charge in [0.1, 0.15) is 4.75 Å². The molecule has 0 fully saturated rings. The van der Waals surface area contributed by atoms with Crippen LogP contribution in [0.1, 0.15) is 50.6 Å². The van der Waals surface area contributed by atoms with Gasteiger partial charge < -0.3 is 4.55 Å². The SMILES string of the molecule is Cc1nn(Cc2ccccc2)cc1[C@H](C)N[S@+]([O-])C(C)(C)C. The fraction of sp³-hybridized carbons (Fsp3) is 0.471. The summed E-state index contributed by atoms with van der Waals surface area (Å²) in [6, 6.07) is 10.3. The molecule has 0 radical (unpaired) electrons. The molecule has 120 valence electrons. The van der Waals surface area contributed by atoms with Crippen LogP contribution in [-0.2, 0) is 17.9 Å². The molecule has 4 nitrogen and oxygen atoms in total. The number of rotatable bonds is 5. The Morgan fingerprint density at radius 2 is 1.91 bits per heavy atom. The van der Waals surface area contributed by atoms with E-state index < -0.39 is 11.4 Å². The highest BCUT2D eigenvalue weighted by molar-refractivity contribution is 7.90. The molecule has 0 unspecified atom stereocenters. The van der Waals surface area contributed by atoms with E-state index in [4.69, 9.17) is 0 Å². The predicted molar refractivity (Wildman–Crippen MR) is 92.0 cm³/mol. The molecule has 1 heterocycles. The van der Waals surface area contributed by atoms with Crippen LogP contribution in [0, 0.1) is 6.92 Å². The van der Waals surface area contributed by atoms with Crippen LogP contribution in [0.25, 0.3) is 0 Å². The zero-order valence-corrected chi connectivity index (χ0v) is 14.8. The molecule has 2 aromatic rings. The third-order valence-electron chi connectivity index (χ3n) is 3.48. The van der Waals surface area contributed by atoms with Crippen LogP contribution >= 0.6 is 0 Å². The van der Waals surface area contributed by atoms with Gasteiger partial charge in [0.15, 0.2) is 0 Å². The number of aryl methyl sites for hydroxylation is 1. The van der Waals surface area contributed by atoms with Crippen LogP contribution in [0.15, 0.2) is 36.5 Å². The Kier molecular flexibility index (Phi) is 5.32. The van der Waals surface area contributed by atoms with Gasteiger partial charge in [0.05, 0.1) is 18.3 Å². The third-order valence-corrected chi connectivity index (χ3v) is 5.16. The Morgan fingerprint density at radius 1 is 1.27 bits per heavy atom. The van der Waals surface area contributed by atoms with Crippen LogP contribution in [0.3, 0.4) is 0 Å². The summed E-state index contributed by atoms with van der Waals surface area (Å²) in [6.07, 6.45) is 2.04. The van der Waals surface area contributed by atoms with Crippen molar-refractivity contribution in [2.24, 2.45) is 0 Å². The van der Waals surface area contributed by atoms with Gasteiger partial charge in [-0.05, 0) is 40.2 Å². The van der Waals surface area contributed by atoms with Gasteiger partial charge in [0.25, 0.3) is 0 Å². The van der Waals surface area contributed by atoms with Crippen LogP contribution in [0.4, 0.5) is 0 Å². The Labute approximate surface area is 136 Å². The summed E-state index contributed by atoms with van der Waals surface area (Å²) in [4.78, 5) is 0. The summed E-state index contributed by atoms with van der Waals surface area (Å²) in [7, 11) is 0. The van der Waals surface area contributed by atoms with Crippen molar-refractivity contribution < 1.29 is 4.55 Å². The first-order chi connectivity index (χ1) is 10.3. The van der Waals surface area contributed by atoms with E-state index >= 15 is 0 Å². The van der Waals surface area contributed by atoms with Crippen molar-refractivity contribution >= 4 is 11.4 Å². The molecular formula is C17H25N3OS. The predicted octanol–water partition coefficient (Wildman–Crippen LogP) is 3.35. The average molecular weight is 319 g/mol. The summed E-state index contributed by atoms with van der Waals surface area (Å²) < 4.78 is 17.1. The quantitative estimate of drug-likeness (QED) is 0.860. The van der Waals surface area contributed by atoms with E-state index in [9.17, 15) is 4.55 Å². The minimum absolute atomic E-state index is 0.00424. The molecule has 2 rings (SSSR count). The molecule has 0 saturated carbocycles. The Balaban J connectivity index is 2.09. The van der Waals surface area contributed by atoms with Crippen molar-refractivity contribution in [3.63, 3.8) is 0 Å². The van der Waals surface area contributed by atoms with Crippen LogP contribution in [0.2, 0.25) is 0 Å². The Morgan fingerprint density at radius 3 is 2.50 bits per heavy atom. The molecule has 0 spiro atoms. The van der Waals surface area contributed by atoms with E-state index in [0.29, 0.717) is 0 Å². The second-order valence-electron chi connectivity index (χ2n) is 6.57. The zero-order valence-electron chi connectivity index (χ0n) is 14.0. The first-order valence-corrected chi connectivity index (χ1v) is 8.68. The van der Waals surface area contributed by atoms with Gasteiger partial charge in [-0.25, -0.2) is 0 Å². The standard InChI is InChI=1S/C17H25N3OS/c1-13-16(14(2)19-22(21)17(3,4)5)12-20(18-13)11-15-9-7-6-8-10-15/h6-10,12,14,19H,11H2,1-5H3/t14-,22+/m0/s1. The summed E-state index contributed by atoms with van der Waals surface area (Å²) >= 11 is -1.09. The topological polar surface area (TPSA) is 52.9 Å². The first kappa shape index (κ1) is 17.1. The van der Waals surface area contributed by atoms with E-state index in [2.05, 4.69) is 22.0 Å². The monoisotopic (exact) mass is 319 g/mol. The molecule has 1 aromatic heterocycles. The lowest BCUT2D eigenvalue weighted by Gasteiger charge is -2.26. The van der Waals surface area contributed by atoms with E-state index in [-0.39, 0.29) is 10.8 Å². The molecule has 0 saturated heterocycles. The molecule has 0 amide bonds. The number of hydrogen-bond donors (Lipinski definition) is 1. The smallest absolute Gasteiger partial charge is 0.136 e. The third kappa shape index (κ3) is 4.35. The van der Waals surface area contributed by atoms with Crippen molar-refractivity contribution in [3.05, 3.63) is 53.3 Å². The molecule has 22 heavy (non-hydrogen) atoms. The fourth-order valence-corrected chi connectivity index (χ4v) is 3.01. The maximum Gasteiger partial charge on any atom is 0.136 e. The second-order valence-corrected chi connectivity index (χ2v) is 8.57. The van der Waals surface area contributed by atoms with Crippen molar-refractivity contribution in [2.75, 3.05) is 0 Å². The lowest BCUT2D eigenvalue weighted by atomic mass is 10.1. The summed E-state index contributed by atoms with van der Waals surface area (Å²) in [5.74, 6) is 0. The van der Waals surface area contributed by atoms with Crippen LogP contribution in [0.5, 0.6) is 0 Å². The van der Waals surface area contributed by atoms with E-state index in [0.717, 1.165) is 17.8 Å². The second kappa shape index (κ2) is 6.86. The molecule has 0 aliphatic rings. The van der Waals surface area contributed by atoms with E-state index in [1.54, 1.807) is 0 Å². The average Bonchev–Trinajstić information content (AvgIpc) is 2.79. The minimum atomic E-state index is -1.09. The zero-order chi connectivity index (χ0) is 16.3. The Hall–Kier alpha value is -1.30. The first-order valence-electron chi connectivity index (χ1n) is 7.53. The normalized spacial score (nSPS) is 14.8. The summed E-state index contributed by atoms with van der Waals surface area (Å²) in [6.45, 7) is 10.7. The van der Waals surface area contributed by atoms with Crippen molar-refractivity contribution in [2.45, 2.75) is 52.0 Å². The van der Waals surface area contributed by atoms with Gasteiger partial charge in [-0.3, -0.25) is 4.68 Å². The number of hydrogen-bond acceptors (Lipinski definition) is 3. The van der Waals surface area contributed by atoms with Gasteiger partial charge in [-0.15, -0.1) is 4.72 Å². The molecule has 0 aliphatic carbocycles. The molecular weight excluding hydrogens is 294 g/mol. The largest absolute Gasteiger partial charge is 0.598 e. The van der Waals surface area contributed by atoms with Gasteiger partial charge in [-0.1, -0.05) is 30.3 Å². The van der Waals surface area contributed by atoms with E-state index in [1.807, 2.05) is 63.7 Å². The summed E-state index contributed by atoms with van der Waals surface area (Å²) in [5, 5.41) is 4.57. The van der Waals surface area contributed by atoms with Gasteiger partial charge >= 0.3 is 0 Å². The van der Waals surface area contributed by atoms with Gasteiger partial charge in [0, 0.05) is 23.1 Å². The van der Waals surface area contributed by atoms with Crippen molar-refractivity contribution in [1.82, 2.24) is 14.5 Å². The Bertz CT molecular complexity index is 604. The molecule has 1 aromatic carbocycles. The van der Waals surface area contributed by atoms with Crippen LogP contribution in [-0.4, -0.2) is 19.1 Å². The summed E-state index contributed by atoms with van der Waals surface area (Å²) in [5.41, 5.74) is 3.28. The minimum Gasteiger partial charge on any atom is -0.598 e. The van der Waals surface area contributed by atoms with Crippen molar-refractivity contribution in [1.29, 1.82) is 0 Å². The highest BCUT2D eigenvalue weighted by Crippen LogP contribution is 2.21. The van der Waals surface area contributed by atoms with Gasteiger partial charge in [0.2, 0.25) is 0 Å². The molecule has 0 aliphatic heterocycles. The fourth-order valence-electron chi connectivity index (χ4n) is 2.21. The number of benzene rings is 1. The van der Waals surface area contributed by atoms with Gasteiger partial charge in [-0.2, -0.15) is 5.10 Å². The molecule has 5 heteroatoms. The maximum atomic E-state index is 12.2. The highest BCUT2D eigenvalue weighted by Gasteiger charge is 2.29. The number of nitrogens with zero attached hydrogens (tertiary/aromatic N) is 2. The van der Waals surface area contributed by atoms with Crippen molar-refractivity contribution in [3.8, 4) is 0 Å². The number of aromatic nitrogens is 2. The number of nitrogens with one attached hydrogen (secondary N) is 1. The molecule has 1 N–H and O–H groups in total. The molecule has 0 bridgehead atoms. The maximum absolute atomic E-state index is 12.2. The lowest BCUT2D eigenvalue weighted by molar-refractivity contribution is 0.531. The lowest BCUT2D eigenvalue weighted by Crippen LogP contribution is -2.40. The molecule has 2 atom stereocenters.